The number of urea groups is 1. The van der Waals surface area contributed by atoms with Crippen LogP contribution in [0.3, 0.4) is 0 Å². The summed E-state index contributed by atoms with van der Waals surface area (Å²) in [5, 5.41) is 4.62. The zero-order valence-corrected chi connectivity index (χ0v) is 17.6. The molecule has 158 valence electrons. The summed E-state index contributed by atoms with van der Waals surface area (Å²) >= 11 is 0. The highest BCUT2D eigenvalue weighted by atomic mass is 16.5. The van der Waals surface area contributed by atoms with E-state index < -0.39 is 0 Å². The highest BCUT2D eigenvalue weighted by Crippen LogP contribution is 2.55. The first kappa shape index (κ1) is 18.5. The molecule has 7 rings (SSSR count). The van der Waals surface area contributed by atoms with Crippen LogP contribution in [0.15, 0.2) is 36.5 Å². The van der Waals surface area contributed by atoms with Crippen LogP contribution in [-0.2, 0) is 0 Å². The van der Waals surface area contributed by atoms with Crippen molar-refractivity contribution in [3.8, 4) is 5.75 Å². The molecule has 5 heteroatoms. The van der Waals surface area contributed by atoms with Gasteiger partial charge in [0.2, 0.25) is 0 Å². The minimum absolute atomic E-state index is 0.0911. The number of amides is 2. The number of carbonyl (C=O) groups is 1. The van der Waals surface area contributed by atoms with E-state index in [1.54, 1.807) is 0 Å². The molecule has 2 heterocycles. The number of para-hydroxylation sites is 1. The summed E-state index contributed by atoms with van der Waals surface area (Å²) in [6, 6.07) is 10.3. The molecule has 1 aromatic carbocycles. The van der Waals surface area contributed by atoms with Crippen LogP contribution in [0, 0.1) is 17.8 Å². The minimum Gasteiger partial charge on any atom is -0.488 e. The van der Waals surface area contributed by atoms with E-state index in [-0.39, 0.29) is 17.7 Å². The lowest BCUT2D eigenvalue weighted by atomic mass is 9.53. The second kappa shape index (κ2) is 7.14. The third kappa shape index (κ3) is 3.32. The Morgan fingerprint density at radius 1 is 1.00 bits per heavy atom. The van der Waals surface area contributed by atoms with E-state index in [0.29, 0.717) is 0 Å². The van der Waals surface area contributed by atoms with Gasteiger partial charge in [-0.05, 0) is 68.4 Å². The summed E-state index contributed by atoms with van der Waals surface area (Å²) in [7, 11) is 0. The van der Waals surface area contributed by atoms with Crippen LogP contribution < -0.4 is 10.1 Å². The molecule has 4 aliphatic carbocycles. The average molecular weight is 406 g/mol. The van der Waals surface area contributed by atoms with Gasteiger partial charge in [-0.1, -0.05) is 18.2 Å². The smallest absolute Gasteiger partial charge is 0.317 e. The Morgan fingerprint density at radius 3 is 2.37 bits per heavy atom. The Labute approximate surface area is 178 Å². The van der Waals surface area contributed by atoms with Gasteiger partial charge in [-0.3, -0.25) is 4.98 Å². The lowest BCUT2D eigenvalue weighted by Crippen LogP contribution is -2.62. The molecule has 1 aliphatic heterocycles. The van der Waals surface area contributed by atoms with Crippen molar-refractivity contribution >= 4 is 16.9 Å². The lowest BCUT2D eigenvalue weighted by Gasteiger charge is -2.57. The van der Waals surface area contributed by atoms with Crippen molar-refractivity contribution in [3.63, 3.8) is 0 Å². The van der Waals surface area contributed by atoms with Gasteiger partial charge in [-0.25, -0.2) is 4.79 Å². The molecular formula is C25H31N3O2. The van der Waals surface area contributed by atoms with Gasteiger partial charge < -0.3 is 15.0 Å². The molecule has 1 saturated heterocycles. The molecule has 1 aromatic heterocycles. The van der Waals surface area contributed by atoms with Crippen molar-refractivity contribution in [2.45, 2.75) is 63.0 Å². The second-order valence-electron chi connectivity index (χ2n) is 10.3. The van der Waals surface area contributed by atoms with Crippen LogP contribution in [-0.4, -0.2) is 40.6 Å². The van der Waals surface area contributed by atoms with Gasteiger partial charge in [0.15, 0.2) is 0 Å². The molecule has 0 radical (unpaired) electrons. The van der Waals surface area contributed by atoms with Crippen LogP contribution in [0.25, 0.3) is 10.9 Å². The Balaban J connectivity index is 1.07. The Hall–Kier alpha value is -2.30. The number of aromatic nitrogens is 1. The summed E-state index contributed by atoms with van der Waals surface area (Å²) in [6.45, 7) is 1.53. The molecule has 5 nitrogen and oxygen atoms in total. The first-order valence-electron chi connectivity index (χ1n) is 11.7. The molecule has 0 unspecified atom stereocenters. The van der Waals surface area contributed by atoms with Crippen molar-refractivity contribution in [3.05, 3.63) is 36.5 Å². The van der Waals surface area contributed by atoms with Gasteiger partial charge >= 0.3 is 6.03 Å². The van der Waals surface area contributed by atoms with Crippen LogP contribution >= 0.6 is 0 Å². The van der Waals surface area contributed by atoms with Crippen molar-refractivity contribution in [1.82, 2.24) is 15.2 Å². The van der Waals surface area contributed by atoms with Crippen LogP contribution in [0.4, 0.5) is 4.79 Å². The first-order chi connectivity index (χ1) is 14.7. The maximum atomic E-state index is 13.1. The third-order valence-electron chi connectivity index (χ3n) is 8.03. The molecule has 5 aliphatic rings. The molecule has 0 atom stereocenters. The number of pyridine rings is 1. The van der Waals surface area contributed by atoms with E-state index in [4.69, 9.17) is 4.74 Å². The highest BCUT2D eigenvalue weighted by molar-refractivity contribution is 5.84. The van der Waals surface area contributed by atoms with Gasteiger partial charge in [0, 0.05) is 43.1 Å². The monoisotopic (exact) mass is 405 g/mol. The number of hydrogen-bond acceptors (Lipinski definition) is 3. The second-order valence-corrected chi connectivity index (χ2v) is 10.3. The molecule has 4 bridgehead atoms. The van der Waals surface area contributed by atoms with Gasteiger partial charge in [0.25, 0.3) is 0 Å². The standard InChI is InChI=1S/C25H31N3O2/c29-24(27-25-14-17-11-18(15-25)13-19(12-17)16-25)28-9-6-21(7-10-28)30-22-5-1-3-20-4-2-8-26-23(20)22/h1-5,8,17-19,21H,6-7,9-16H2,(H,27,29). The Kier molecular flexibility index (Phi) is 4.39. The third-order valence-corrected chi connectivity index (χ3v) is 8.03. The molecule has 5 fully saturated rings. The van der Waals surface area contributed by atoms with Crippen molar-refractivity contribution in [1.29, 1.82) is 0 Å². The quantitative estimate of drug-likeness (QED) is 0.801. The molecule has 0 spiro atoms. The van der Waals surface area contributed by atoms with Gasteiger partial charge in [0.1, 0.15) is 17.4 Å². The summed E-state index contributed by atoms with van der Waals surface area (Å²) in [4.78, 5) is 19.6. The number of rotatable bonds is 3. The van der Waals surface area contributed by atoms with Crippen LogP contribution in [0.5, 0.6) is 5.75 Å². The largest absolute Gasteiger partial charge is 0.488 e. The van der Waals surface area contributed by atoms with Crippen LogP contribution in [0.1, 0.15) is 51.4 Å². The molecule has 2 amide bonds. The van der Waals surface area contributed by atoms with E-state index in [9.17, 15) is 4.79 Å². The van der Waals surface area contributed by atoms with Crippen molar-refractivity contribution < 1.29 is 9.53 Å². The molecule has 2 aromatic rings. The van der Waals surface area contributed by atoms with E-state index in [1.165, 1.54) is 38.5 Å². The summed E-state index contributed by atoms with van der Waals surface area (Å²) in [5.74, 6) is 3.41. The van der Waals surface area contributed by atoms with E-state index in [2.05, 4.69) is 22.4 Å². The summed E-state index contributed by atoms with van der Waals surface area (Å²) in [5.41, 5.74) is 1.01. The number of carbonyl (C=O) groups excluding carboxylic acids is 1. The zero-order chi connectivity index (χ0) is 20.1. The molecule has 1 N–H and O–H groups in total. The first-order valence-corrected chi connectivity index (χ1v) is 11.7. The minimum atomic E-state index is 0.0911. The fourth-order valence-electron chi connectivity index (χ4n) is 7.10. The highest BCUT2D eigenvalue weighted by Gasteiger charge is 2.51. The zero-order valence-electron chi connectivity index (χ0n) is 17.6. The van der Waals surface area contributed by atoms with Gasteiger partial charge in [-0.15, -0.1) is 0 Å². The summed E-state index contributed by atoms with van der Waals surface area (Å²) in [6.07, 6.45) is 11.5. The van der Waals surface area contributed by atoms with Crippen molar-refractivity contribution in [2.75, 3.05) is 13.1 Å². The normalized spacial score (nSPS) is 33.1. The fourth-order valence-corrected chi connectivity index (χ4v) is 7.10. The number of hydrogen-bond donors (Lipinski definition) is 1. The molecule has 30 heavy (non-hydrogen) atoms. The lowest BCUT2D eigenvalue weighted by molar-refractivity contribution is -0.0165. The molecule has 4 saturated carbocycles. The van der Waals surface area contributed by atoms with Gasteiger partial charge in [-0.2, -0.15) is 0 Å². The Bertz CT molecular complexity index is 910. The number of nitrogens with zero attached hydrogens (tertiary/aromatic N) is 2. The SMILES string of the molecule is O=C(NC12CC3CC(CC(C3)C1)C2)N1CCC(Oc2cccc3cccnc23)CC1. The topological polar surface area (TPSA) is 54.5 Å². The maximum absolute atomic E-state index is 13.1. The number of piperidine rings is 1. The maximum Gasteiger partial charge on any atom is 0.317 e. The van der Waals surface area contributed by atoms with Crippen LogP contribution in [0.2, 0.25) is 0 Å². The van der Waals surface area contributed by atoms with E-state index in [0.717, 1.165) is 60.3 Å². The van der Waals surface area contributed by atoms with Crippen molar-refractivity contribution in [2.24, 2.45) is 17.8 Å². The fraction of sp³-hybridized carbons (Fsp3) is 0.600. The number of benzene rings is 1. The van der Waals surface area contributed by atoms with E-state index >= 15 is 0 Å². The van der Waals surface area contributed by atoms with Gasteiger partial charge in [0.05, 0.1) is 0 Å². The summed E-state index contributed by atoms with van der Waals surface area (Å²) < 4.78 is 6.31. The average Bonchev–Trinajstić information content (AvgIpc) is 2.73. The number of nitrogens with one attached hydrogen (secondary N) is 1. The predicted molar refractivity (Wildman–Crippen MR) is 116 cm³/mol. The number of fused-ring (bicyclic) bond motifs is 1. The predicted octanol–water partition coefficient (Wildman–Crippen LogP) is 4.76. The molecular weight excluding hydrogens is 374 g/mol. The Morgan fingerprint density at radius 2 is 1.67 bits per heavy atom. The number of ether oxygens (including phenoxy) is 1. The number of likely N-dealkylation sites (tertiary alicyclic amines) is 1. The van der Waals surface area contributed by atoms with E-state index in [1.807, 2.05) is 29.3 Å².